The van der Waals surface area contributed by atoms with Gasteiger partial charge in [0, 0.05) is 12.8 Å². The average Bonchev–Trinajstić information content (AvgIpc) is 2.63. The van der Waals surface area contributed by atoms with E-state index in [1.54, 1.807) is 0 Å². The molecule has 2 heteroatoms. The molecule has 0 aliphatic rings. The Morgan fingerprint density at radius 1 is 0.625 bits per heavy atom. The molecule has 0 aliphatic carbocycles. The van der Waals surface area contributed by atoms with Crippen LogP contribution in [0.15, 0.2) is 91.0 Å². The lowest BCUT2D eigenvalue weighted by Crippen LogP contribution is -2.41. The van der Waals surface area contributed by atoms with Gasteiger partial charge in [0.05, 0.1) is 0 Å². The Morgan fingerprint density at radius 3 is 1.42 bits per heavy atom. The first-order valence-electron chi connectivity index (χ1n) is 8.21. The molecule has 122 valence electrons. The van der Waals surface area contributed by atoms with E-state index in [2.05, 4.69) is 0 Å². The smallest absolute Gasteiger partial charge is 0.108 e. The minimum atomic E-state index is -1.27. The van der Waals surface area contributed by atoms with E-state index in [0.717, 1.165) is 16.7 Å². The molecule has 0 saturated carbocycles. The molecule has 3 rings (SSSR count). The third-order valence-electron chi connectivity index (χ3n) is 4.33. The highest BCUT2D eigenvalue weighted by Gasteiger charge is 2.37. The second kappa shape index (κ2) is 7.43. The predicted molar refractivity (Wildman–Crippen MR) is 96.6 cm³/mol. The number of benzene rings is 3. The SMILES string of the molecule is OC(c1ccccc1)C(O)(Cc1ccccc1)Cc1ccccc1. The number of rotatable bonds is 6. The lowest BCUT2D eigenvalue weighted by Gasteiger charge is -2.34. The van der Waals surface area contributed by atoms with Crippen molar-refractivity contribution < 1.29 is 10.2 Å². The Bertz CT molecular complexity index is 697. The molecule has 0 amide bonds. The van der Waals surface area contributed by atoms with Gasteiger partial charge in [-0.05, 0) is 16.7 Å². The first-order valence-corrected chi connectivity index (χ1v) is 8.21. The molecular formula is C22H22O2. The lowest BCUT2D eigenvalue weighted by molar-refractivity contribution is -0.0765. The van der Waals surface area contributed by atoms with Gasteiger partial charge in [0.15, 0.2) is 0 Å². The molecule has 3 aromatic rings. The molecule has 0 spiro atoms. The van der Waals surface area contributed by atoms with Crippen molar-refractivity contribution in [2.45, 2.75) is 24.5 Å². The van der Waals surface area contributed by atoms with E-state index in [-0.39, 0.29) is 0 Å². The van der Waals surface area contributed by atoms with Crippen molar-refractivity contribution in [3.63, 3.8) is 0 Å². The summed E-state index contributed by atoms with van der Waals surface area (Å²) in [5, 5.41) is 22.3. The Balaban J connectivity index is 1.93. The highest BCUT2D eigenvalue weighted by Crippen LogP contribution is 2.32. The molecule has 1 atom stereocenters. The van der Waals surface area contributed by atoms with Gasteiger partial charge in [0.25, 0.3) is 0 Å². The van der Waals surface area contributed by atoms with Gasteiger partial charge in [0.1, 0.15) is 11.7 Å². The Hall–Kier alpha value is -2.42. The molecule has 0 saturated heterocycles. The summed E-state index contributed by atoms with van der Waals surface area (Å²) in [6, 6.07) is 29.0. The van der Waals surface area contributed by atoms with E-state index >= 15 is 0 Å². The van der Waals surface area contributed by atoms with Crippen LogP contribution in [0.3, 0.4) is 0 Å². The van der Waals surface area contributed by atoms with E-state index in [1.165, 1.54) is 0 Å². The zero-order valence-corrected chi connectivity index (χ0v) is 13.5. The third kappa shape index (κ3) is 3.91. The minimum Gasteiger partial charge on any atom is -0.386 e. The molecule has 1 unspecified atom stereocenters. The van der Waals surface area contributed by atoms with Crippen LogP contribution in [0, 0.1) is 0 Å². The van der Waals surface area contributed by atoms with Crippen LogP contribution in [-0.4, -0.2) is 15.8 Å². The van der Waals surface area contributed by atoms with Crippen LogP contribution in [0.2, 0.25) is 0 Å². The third-order valence-corrected chi connectivity index (χ3v) is 4.33. The number of hydrogen-bond donors (Lipinski definition) is 2. The second-order valence-electron chi connectivity index (χ2n) is 6.24. The van der Waals surface area contributed by atoms with Crippen molar-refractivity contribution in [2.75, 3.05) is 0 Å². The Labute approximate surface area is 143 Å². The first-order chi connectivity index (χ1) is 11.7. The fraction of sp³-hybridized carbons (Fsp3) is 0.182. The molecule has 0 aromatic heterocycles. The van der Waals surface area contributed by atoms with E-state index in [1.807, 2.05) is 91.0 Å². The van der Waals surface area contributed by atoms with Crippen molar-refractivity contribution in [2.24, 2.45) is 0 Å². The van der Waals surface area contributed by atoms with E-state index in [0.29, 0.717) is 12.8 Å². The van der Waals surface area contributed by atoms with Crippen LogP contribution in [0.4, 0.5) is 0 Å². The summed E-state index contributed by atoms with van der Waals surface area (Å²) in [7, 11) is 0. The molecule has 0 aliphatic heterocycles. The largest absolute Gasteiger partial charge is 0.386 e. The van der Waals surface area contributed by atoms with Gasteiger partial charge in [-0.2, -0.15) is 0 Å². The van der Waals surface area contributed by atoms with Crippen molar-refractivity contribution >= 4 is 0 Å². The summed E-state index contributed by atoms with van der Waals surface area (Å²) in [6.45, 7) is 0. The van der Waals surface area contributed by atoms with Crippen molar-refractivity contribution in [3.8, 4) is 0 Å². The summed E-state index contributed by atoms with van der Waals surface area (Å²) in [4.78, 5) is 0. The van der Waals surface area contributed by atoms with E-state index in [4.69, 9.17) is 0 Å². The van der Waals surface area contributed by atoms with Gasteiger partial charge in [0.2, 0.25) is 0 Å². The fourth-order valence-electron chi connectivity index (χ4n) is 3.10. The molecule has 0 fully saturated rings. The van der Waals surface area contributed by atoms with Crippen LogP contribution in [0.1, 0.15) is 22.8 Å². The van der Waals surface area contributed by atoms with Crippen LogP contribution in [0.25, 0.3) is 0 Å². The van der Waals surface area contributed by atoms with Crippen LogP contribution < -0.4 is 0 Å². The van der Waals surface area contributed by atoms with Crippen LogP contribution in [-0.2, 0) is 12.8 Å². The van der Waals surface area contributed by atoms with Crippen molar-refractivity contribution in [1.82, 2.24) is 0 Å². The normalized spacial score (nSPS) is 12.8. The number of hydrogen-bond acceptors (Lipinski definition) is 2. The van der Waals surface area contributed by atoms with Crippen LogP contribution >= 0.6 is 0 Å². The zero-order valence-electron chi connectivity index (χ0n) is 13.5. The van der Waals surface area contributed by atoms with Gasteiger partial charge in [-0.1, -0.05) is 91.0 Å². The molecule has 2 N–H and O–H groups in total. The van der Waals surface area contributed by atoms with Crippen LogP contribution in [0.5, 0.6) is 0 Å². The molecule has 0 bridgehead atoms. The Kier molecular flexibility index (Phi) is 5.09. The summed E-state index contributed by atoms with van der Waals surface area (Å²) in [6.07, 6.45) is -0.184. The van der Waals surface area contributed by atoms with Gasteiger partial charge in [-0.15, -0.1) is 0 Å². The number of aliphatic hydroxyl groups excluding tert-OH is 1. The molecule has 0 heterocycles. The monoisotopic (exact) mass is 318 g/mol. The summed E-state index contributed by atoms with van der Waals surface area (Å²) in [5.41, 5.74) is 1.47. The quantitative estimate of drug-likeness (QED) is 0.723. The van der Waals surface area contributed by atoms with E-state index < -0.39 is 11.7 Å². The zero-order chi connectivity index (χ0) is 16.8. The maximum absolute atomic E-state index is 11.4. The Morgan fingerprint density at radius 2 is 1.00 bits per heavy atom. The van der Waals surface area contributed by atoms with E-state index in [9.17, 15) is 10.2 Å². The molecule has 24 heavy (non-hydrogen) atoms. The van der Waals surface area contributed by atoms with Gasteiger partial charge >= 0.3 is 0 Å². The maximum Gasteiger partial charge on any atom is 0.108 e. The second-order valence-corrected chi connectivity index (χ2v) is 6.24. The minimum absolute atomic E-state index is 0.388. The van der Waals surface area contributed by atoms with Crippen molar-refractivity contribution in [1.29, 1.82) is 0 Å². The lowest BCUT2D eigenvalue weighted by atomic mass is 9.80. The summed E-state index contributed by atoms with van der Waals surface area (Å²) >= 11 is 0. The standard InChI is InChI=1S/C22H22O2/c23-21(20-14-8-3-9-15-20)22(24,16-18-10-4-1-5-11-18)17-19-12-6-2-7-13-19/h1-15,21,23-24H,16-17H2. The van der Waals surface area contributed by atoms with Gasteiger partial charge in [-0.3, -0.25) is 0 Å². The highest BCUT2D eigenvalue weighted by atomic mass is 16.3. The summed E-state index contributed by atoms with van der Waals surface area (Å²) < 4.78 is 0. The summed E-state index contributed by atoms with van der Waals surface area (Å²) in [5.74, 6) is 0. The topological polar surface area (TPSA) is 40.5 Å². The maximum atomic E-state index is 11.4. The first kappa shape index (κ1) is 16.4. The molecule has 3 aromatic carbocycles. The molecule has 0 radical (unpaired) electrons. The predicted octanol–water partition coefficient (Wildman–Crippen LogP) is 3.94. The molecule has 2 nitrogen and oxygen atoms in total. The highest BCUT2D eigenvalue weighted by molar-refractivity contribution is 5.27. The van der Waals surface area contributed by atoms with Gasteiger partial charge in [-0.25, -0.2) is 0 Å². The average molecular weight is 318 g/mol. The fourth-order valence-corrected chi connectivity index (χ4v) is 3.10. The van der Waals surface area contributed by atoms with Gasteiger partial charge < -0.3 is 10.2 Å². The molecular weight excluding hydrogens is 296 g/mol. The van der Waals surface area contributed by atoms with Crippen molar-refractivity contribution in [3.05, 3.63) is 108 Å². The number of aliphatic hydroxyl groups is 2.